The number of guanidine groups is 1. The Morgan fingerprint density at radius 3 is 2.72 bits per heavy atom. The first kappa shape index (κ1) is 19.2. The molecule has 1 amide bonds. The SMILES string of the molecule is Cc1nc(CNC(=NCC(=O)N(C)C)NCC2CCCCO2)oc1C. The predicted octanol–water partition coefficient (Wildman–Crippen LogP) is 0.984. The van der Waals surface area contributed by atoms with Crippen LogP contribution in [0.2, 0.25) is 0 Å². The molecule has 8 heteroatoms. The Hall–Kier alpha value is -2.09. The summed E-state index contributed by atoms with van der Waals surface area (Å²) in [5.74, 6) is 1.90. The number of rotatable bonds is 6. The van der Waals surface area contributed by atoms with Crippen LogP contribution in [0, 0.1) is 13.8 Å². The highest BCUT2D eigenvalue weighted by Gasteiger charge is 2.15. The maximum atomic E-state index is 11.8. The summed E-state index contributed by atoms with van der Waals surface area (Å²) in [5, 5.41) is 6.42. The van der Waals surface area contributed by atoms with Crippen molar-refractivity contribution in [1.29, 1.82) is 0 Å². The van der Waals surface area contributed by atoms with E-state index >= 15 is 0 Å². The molecule has 0 aliphatic carbocycles. The topological polar surface area (TPSA) is 92.0 Å². The van der Waals surface area contributed by atoms with Gasteiger partial charge in [-0.05, 0) is 33.1 Å². The fourth-order valence-electron chi connectivity index (χ4n) is 2.42. The van der Waals surface area contributed by atoms with Crippen LogP contribution in [0.3, 0.4) is 0 Å². The molecular formula is C17H29N5O3. The zero-order chi connectivity index (χ0) is 18.2. The summed E-state index contributed by atoms with van der Waals surface area (Å²) in [6.07, 6.45) is 3.52. The second kappa shape index (κ2) is 9.41. The molecule has 2 rings (SSSR count). The molecule has 1 fully saturated rings. The van der Waals surface area contributed by atoms with Gasteiger partial charge in [0.15, 0.2) is 5.96 Å². The highest BCUT2D eigenvalue weighted by Crippen LogP contribution is 2.11. The van der Waals surface area contributed by atoms with Gasteiger partial charge in [0.1, 0.15) is 12.3 Å². The lowest BCUT2D eigenvalue weighted by Gasteiger charge is -2.23. The molecule has 0 aromatic carbocycles. The largest absolute Gasteiger partial charge is 0.444 e. The lowest BCUT2D eigenvalue weighted by Crippen LogP contribution is -2.43. The summed E-state index contributed by atoms with van der Waals surface area (Å²) < 4.78 is 11.3. The molecule has 1 unspecified atom stereocenters. The second-order valence-electron chi connectivity index (χ2n) is 6.43. The number of aryl methyl sites for hydroxylation is 2. The van der Waals surface area contributed by atoms with Crippen LogP contribution in [-0.4, -0.2) is 61.6 Å². The third-order valence-corrected chi connectivity index (χ3v) is 4.12. The third kappa shape index (κ3) is 6.38. The molecule has 1 atom stereocenters. The van der Waals surface area contributed by atoms with Gasteiger partial charge in [0.2, 0.25) is 11.8 Å². The number of nitrogens with zero attached hydrogens (tertiary/aromatic N) is 3. The van der Waals surface area contributed by atoms with E-state index in [1.54, 1.807) is 14.1 Å². The molecule has 0 saturated carbocycles. The first-order chi connectivity index (χ1) is 12.0. The molecule has 0 radical (unpaired) electrons. The van der Waals surface area contributed by atoms with Crippen LogP contribution in [-0.2, 0) is 16.1 Å². The Morgan fingerprint density at radius 2 is 2.12 bits per heavy atom. The zero-order valence-electron chi connectivity index (χ0n) is 15.6. The van der Waals surface area contributed by atoms with E-state index < -0.39 is 0 Å². The number of hydrogen-bond donors (Lipinski definition) is 2. The Morgan fingerprint density at radius 1 is 1.32 bits per heavy atom. The predicted molar refractivity (Wildman–Crippen MR) is 95.4 cm³/mol. The van der Waals surface area contributed by atoms with E-state index in [1.807, 2.05) is 13.8 Å². The van der Waals surface area contributed by atoms with Gasteiger partial charge in [-0.3, -0.25) is 4.79 Å². The van der Waals surface area contributed by atoms with Gasteiger partial charge in [0, 0.05) is 27.2 Å². The van der Waals surface area contributed by atoms with Gasteiger partial charge in [-0.15, -0.1) is 0 Å². The van der Waals surface area contributed by atoms with Crippen LogP contribution in [0.25, 0.3) is 0 Å². The fourth-order valence-corrected chi connectivity index (χ4v) is 2.42. The molecule has 8 nitrogen and oxygen atoms in total. The minimum absolute atomic E-state index is 0.0576. The molecule has 0 spiro atoms. The first-order valence-corrected chi connectivity index (χ1v) is 8.72. The van der Waals surface area contributed by atoms with Gasteiger partial charge in [0.05, 0.1) is 18.3 Å². The number of amides is 1. The van der Waals surface area contributed by atoms with Crippen molar-refractivity contribution >= 4 is 11.9 Å². The number of oxazole rings is 1. The molecule has 1 aromatic heterocycles. The maximum Gasteiger partial charge on any atom is 0.243 e. The summed E-state index contributed by atoms with van der Waals surface area (Å²) in [6.45, 7) is 5.74. The normalized spacial score (nSPS) is 18.1. The van der Waals surface area contributed by atoms with Crippen LogP contribution in [0.5, 0.6) is 0 Å². The fraction of sp³-hybridized carbons (Fsp3) is 0.706. The number of hydrogen-bond acceptors (Lipinski definition) is 5. The zero-order valence-corrected chi connectivity index (χ0v) is 15.6. The summed E-state index contributed by atoms with van der Waals surface area (Å²) in [7, 11) is 3.43. The Kier molecular flexibility index (Phi) is 7.24. The number of ether oxygens (including phenoxy) is 1. The monoisotopic (exact) mass is 351 g/mol. The lowest BCUT2D eigenvalue weighted by atomic mass is 10.1. The van der Waals surface area contributed by atoms with Crippen LogP contribution >= 0.6 is 0 Å². The van der Waals surface area contributed by atoms with Crippen molar-refractivity contribution in [3.63, 3.8) is 0 Å². The molecule has 0 bridgehead atoms. The Bertz CT molecular complexity index is 572. The van der Waals surface area contributed by atoms with Crippen LogP contribution in [0.4, 0.5) is 0 Å². The summed E-state index contributed by atoms with van der Waals surface area (Å²) in [6, 6.07) is 0. The summed E-state index contributed by atoms with van der Waals surface area (Å²) in [4.78, 5) is 22.0. The average Bonchev–Trinajstić information content (AvgIpc) is 2.92. The van der Waals surface area contributed by atoms with Crippen molar-refractivity contribution in [3.05, 3.63) is 17.3 Å². The van der Waals surface area contributed by atoms with Crippen molar-refractivity contribution in [2.75, 3.05) is 33.8 Å². The number of aliphatic imine (C=N–C) groups is 1. The van der Waals surface area contributed by atoms with Crippen molar-refractivity contribution < 1.29 is 13.9 Å². The number of likely N-dealkylation sites (N-methyl/N-ethyl adjacent to an activating group) is 1. The van der Waals surface area contributed by atoms with E-state index in [0.29, 0.717) is 24.9 Å². The van der Waals surface area contributed by atoms with Crippen molar-refractivity contribution in [2.24, 2.45) is 4.99 Å². The molecule has 140 valence electrons. The molecule has 2 N–H and O–H groups in total. The molecule has 1 aliphatic rings. The second-order valence-corrected chi connectivity index (χ2v) is 6.43. The van der Waals surface area contributed by atoms with Crippen molar-refractivity contribution in [1.82, 2.24) is 20.5 Å². The van der Waals surface area contributed by atoms with Crippen molar-refractivity contribution in [3.8, 4) is 0 Å². The first-order valence-electron chi connectivity index (χ1n) is 8.72. The smallest absolute Gasteiger partial charge is 0.243 e. The van der Waals surface area contributed by atoms with Crippen LogP contribution in [0.1, 0.15) is 36.6 Å². The van der Waals surface area contributed by atoms with E-state index in [0.717, 1.165) is 30.9 Å². The van der Waals surface area contributed by atoms with Gasteiger partial charge < -0.3 is 24.7 Å². The Balaban J connectivity index is 1.92. The third-order valence-electron chi connectivity index (χ3n) is 4.12. The molecule has 1 saturated heterocycles. The van der Waals surface area contributed by atoms with E-state index in [1.165, 1.54) is 11.3 Å². The molecule has 1 aliphatic heterocycles. The minimum Gasteiger partial charge on any atom is -0.444 e. The summed E-state index contributed by atoms with van der Waals surface area (Å²) in [5.41, 5.74) is 0.877. The average molecular weight is 351 g/mol. The highest BCUT2D eigenvalue weighted by atomic mass is 16.5. The molecule has 2 heterocycles. The Labute approximate surface area is 149 Å². The highest BCUT2D eigenvalue weighted by molar-refractivity contribution is 5.84. The van der Waals surface area contributed by atoms with E-state index in [2.05, 4.69) is 20.6 Å². The van der Waals surface area contributed by atoms with Gasteiger partial charge in [-0.2, -0.15) is 0 Å². The van der Waals surface area contributed by atoms with Gasteiger partial charge in [0.25, 0.3) is 0 Å². The number of carbonyl (C=O) groups excluding carboxylic acids is 1. The molecule has 25 heavy (non-hydrogen) atoms. The molecular weight excluding hydrogens is 322 g/mol. The molecule has 1 aromatic rings. The summed E-state index contributed by atoms with van der Waals surface area (Å²) >= 11 is 0. The van der Waals surface area contributed by atoms with Gasteiger partial charge in [-0.25, -0.2) is 9.98 Å². The van der Waals surface area contributed by atoms with E-state index in [4.69, 9.17) is 9.15 Å². The van der Waals surface area contributed by atoms with Gasteiger partial charge >= 0.3 is 0 Å². The number of nitrogens with one attached hydrogen (secondary N) is 2. The lowest BCUT2D eigenvalue weighted by molar-refractivity contribution is -0.127. The number of carbonyl (C=O) groups is 1. The number of aromatic nitrogens is 1. The van der Waals surface area contributed by atoms with E-state index in [-0.39, 0.29) is 18.6 Å². The minimum atomic E-state index is -0.0576. The van der Waals surface area contributed by atoms with Gasteiger partial charge in [-0.1, -0.05) is 0 Å². The maximum absolute atomic E-state index is 11.8. The van der Waals surface area contributed by atoms with Crippen LogP contribution < -0.4 is 10.6 Å². The van der Waals surface area contributed by atoms with E-state index in [9.17, 15) is 4.79 Å². The standard InChI is InChI=1S/C17H29N5O3/c1-12-13(2)25-15(21-12)10-19-17(20-11-16(23)22(3)4)18-9-14-7-5-6-8-24-14/h14H,5-11H2,1-4H3,(H2,18,19,20). The quantitative estimate of drug-likeness (QED) is 0.586. The van der Waals surface area contributed by atoms with Crippen LogP contribution in [0.15, 0.2) is 9.41 Å². The van der Waals surface area contributed by atoms with Crippen molar-refractivity contribution in [2.45, 2.75) is 45.8 Å².